The molecule has 0 aliphatic rings. The largest absolute Gasteiger partial charge is 0.217 e. The average Bonchev–Trinajstić information content (AvgIpc) is 3.29. The van der Waals surface area contributed by atoms with Gasteiger partial charge in [0.2, 0.25) is 4.96 Å². The van der Waals surface area contributed by atoms with Crippen LogP contribution >= 0.6 is 11.3 Å². The molecule has 0 fully saturated rings. The SMILES string of the molecule is Fc1cc(-c2nn3cc(-c4ccccc4)nc3s2)ccc1-c1ccccc1. The summed E-state index contributed by atoms with van der Waals surface area (Å²) < 4.78 is 16.4. The van der Waals surface area contributed by atoms with E-state index in [0.717, 1.165) is 32.4 Å². The quantitative estimate of drug-likeness (QED) is 0.393. The second-order valence-electron chi connectivity index (χ2n) is 6.19. The van der Waals surface area contributed by atoms with Gasteiger partial charge in [0, 0.05) is 16.7 Å². The molecule has 27 heavy (non-hydrogen) atoms. The van der Waals surface area contributed by atoms with Gasteiger partial charge in [-0.3, -0.25) is 0 Å². The minimum absolute atomic E-state index is 0.253. The van der Waals surface area contributed by atoms with Crippen LogP contribution in [0.5, 0.6) is 0 Å². The lowest BCUT2D eigenvalue weighted by molar-refractivity contribution is 0.632. The third-order valence-corrected chi connectivity index (χ3v) is 5.39. The van der Waals surface area contributed by atoms with E-state index in [1.165, 1.54) is 11.3 Å². The number of imidazole rings is 1. The van der Waals surface area contributed by atoms with Crippen LogP contribution in [0.2, 0.25) is 0 Å². The molecule has 0 unspecified atom stereocenters. The van der Waals surface area contributed by atoms with Gasteiger partial charge in [0.05, 0.1) is 11.9 Å². The lowest BCUT2D eigenvalue weighted by Crippen LogP contribution is -1.87. The number of fused-ring (bicyclic) bond motifs is 1. The van der Waals surface area contributed by atoms with Crippen molar-refractivity contribution in [2.24, 2.45) is 0 Å². The monoisotopic (exact) mass is 371 g/mol. The minimum Gasteiger partial charge on any atom is -0.217 e. The number of benzene rings is 3. The van der Waals surface area contributed by atoms with E-state index in [0.29, 0.717) is 5.56 Å². The average molecular weight is 371 g/mol. The van der Waals surface area contributed by atoms with Crippen LogP contribution in [0.4, 0.5) is 4.39 Å². The van der Waals surface area contributed by atoms with E-state index >= 15 is 0 Å². The van der Waals surface area contributed by atoms with E-state index in [2.05, 4.69) is 10.1 Å². The summed E-state index contributed by atoms with van der Waals surface area (Å²) in [6.07, 6.45) is 1.90. The summed E-state index contributed by atoms with van der Waals surface area (Å²) in [7, 11) is 0. The highest BCUT2D eigenvalue weighted by Gasteiger charge is 2.13. The van der Waals surface area contributed by atoms with E-state index < -0.39 is 0 Å². The van der Waals surface area contributed by atoms with E-state index in [4.69, 9.17) is 0 Å². The number of hydrogen-bond acceptors (Lipinski definition) is 3. The maximum absolute atomic E-state index is 14.6. The third kappa shape index (κ3) is 2.92. The van der Waals surface area contributed by atoms with Crippen molar-refractivity contribution in [1.29, 1.82) is 0 Å². The van der Waals surface area contributed by atoms with Gasteiger partial charge in [-0.1, -0.05) is 84.1 Å². The summed E-state index contributed by atoms with van der Waals surface area (Å²) in [5, 5.41) is 5.32. The van der Waals surface area contributed by atoms with Gasteiger partial charge in [0.15, 0.2) is 0 Å². The zero-order chi connectivity index (χ0) is 18.2. The van der Waals surface area contributed by atoms with Crippen molar-refractivity contribution in [3.63, 3.8) is 0 Å². The molecule has 0 bridgehead atoms. The maximum Gasteiger partial charge on any atom is 0.213 e. The first-order valence-corrected chi connectivity index (χ1v) is 9.36. The van der Waals surface area contributed by atoms with Gasteiger partial charge in [0.1, 0.15) is 10.8 Å². The molecular weight excluding hydrogens is 357 g/mol. The molecule has 0 N–H and O–H groups in total. The van der Waals surface area contributed by atoms with Crippen LogP contribution in [-0.4, -0.2) is 14.6 Å². The standard InChI is InChI=1S/C22H14FN3S/c23-19-13-17(11-12-18(19)15-7-3-1-4-8-15)21-25-26-14-20(24-22(26)27-21)16-9-5-2-6-10-16/h1-14H. The molecule has 2 heterocycles. The Kier molecular flexibility index (Phi) is 3.80. The van der Waals surface area contributed by atoms with Crippen molar-refractivity contribution in [1.82, 2.24) is 14.6 Å². The number of nitrogens with zero attached hydrogens (tertiary/aromatic N) is 3. The molecule has 0 aliphatic carbocycles. The summed E-state index contributed by atoms with van der Waals surface area (Å²) in [4.78, 5) is 5.43. The first-order chi connectivity index (χ1) is 13.3. The Morgan fingerprint density at radius 2 is 1.48 bits per heavy atom. The summed E-state index contributed by atoms with van der Waals surface area (Å²) in [5.41, 5.74) is 4.14. The van der Waals surface area contributed by atoms with E-state index in [1.807, 2.05) is 72.9 Å². The predicted octanol–water partition coefficient (Wildman–Crippen LogP) is 5.93. The molecule has 130 valence electrons. The minimum atomic E-state index is -0.253. The third-order valence-electron chi connectivity index (χ3n) is 4.41. The van der Waals surface area contributed by atoms with Gasteiger partial charge < -0.3 is 0 Å². The van der Waals surface area contributed by atoms with Gasteiger partial charge >= 0.3 is 0 Å². The molecule has 2 aromatic heterocycles. The smallest absolute Gasteiger partial charge is 0.213 e. The highest BCUT2D eigenvalue weighted by Crippen LogP contribution is 2.31. The van der Waals surface area contributed by atoms with E-state index in [-0.39, 0.29) is 5.82 Å². The van der Waals surface area contributed by atoms with E-state index in [9.17, 15) is 4.39 Å². The Labute approximate surface area is 159 Å². The Balaban J connectivity index is 1.50. The van der Waals surface area contributed by atoms with Crippen LogP contribution in [-0.2, 0) is 0 Å². The zero-order valence-electron chi connectivity index (χ0n) is 14.2. The molecule has 5 rings (SSSR count). The lowest BCUT2D eigenvalue weighted by atomic mass is 10.0. The van der Waals surface area contributed by atoms with Crippen molar-refractivity contribution >= 4 is 16.3 Å². The van der Waals surface area contributed by atoms with Crippen molar-refractivity contribution < 1.29 is 4.39 Å². The summed E-state index contributed by atoms with van der Waals surface area (Å²) in [6, 6.07) is 24.8. The van der Waals surface area contributed by atoms with Crippen molar-refractivity contribution in [2.45, 2.75) is 0 Å². The fourth-order valence-corrected chi connectivity index (χ4v) is 3.94. The zero-order valence-corrected chi connectivity index (χ0v) is 15.0. The lowest BCUT2D eigenvalue weighted by Gasteiger charge is -2.04. The molecule has 3 aromatic carbocycles. The molecule has 0 radical (unpaired) electrons. The predicted molar refractivity (Wildman–Crippen MR) is 107 cm³/mol. The highest BCUT2D eigenvalue weighted by molar-refractivity contribution is 7.19. The highest BCUT2D eigenvalue weighted by atomic mass is 32.1. The van der Waals surface area contributed by atoms with Gasteiger partial charge in [-0.15, -0.1) is 0 Å². The molecule has 0 atom stereocenters. The second-order valence-corrected chi connectivity index (χ2v) is 7.14. The Morgan fingerprint density at radius 1 is 0.778 bits per heavy atom. The number of halogens is 1. The van der Waals surface area contributed by atoms with Gasteiger partial charge in [0.25, 0.3) is 0 Å². The Hall–Kier alpha value is -3.31. The van der Waals surface area contributed by atoms with Gasteiger partial charge in [-0.05, 0) is 11.6 Å². The number of aromatic nitrogens is 3. The maximum atomic E-state index is 14.6. The molecule has 0 amide bonds. The van der Waals surface area contributed by atoms with Crippen molar-refractivity contribution in [3.05, 3.63) is 90.9 Å². The van der Waals surface area contributed by atoms with Crippen LogP contribution in [0.25, 0.3) is 37.9 Å². The van der Waals surface area contributed by atoms with Crippen LogP contribution in [0.3, 0.4) is 0 Å². The fraction of sp³-hybridized carbons (Fsp3) is 0. The summed E-state index contributed by atoms with van der Waals surface area (Å²) in [5.74, 6) is -0.253. The molecular formula is C22H14FN3S. The first kappa shape index (κ1) is 15.9. The molecule has 3 nitrogen and oxygen atoms in total. The molecule has 5 heteroatoms. The van der Waals surface area contributed by atoms with E-state index in [1.54, 1.807) is 16.6 Å². The molecule has 0 aliphatic heterocycles. The number of rotatable bonds is 3. The van der Waals surface area contributed by atoms with Gasteiger partial charge in [-0.25, -0.2) is 13.9 Å². The topological polar surface area (TPSA) is 30.2 Å². The molecule has 0 saturated carbocycles. The Morgan fingerprint density at radius 3 is 2.15 bits per heavy atom. The van der Waals surface area contributed by atoms with Crippen molar-refractivity contribution in [3.8, 4) is 33.0 Å². The molecule has 5 aromatic rings. The second kappa shape index (κ2) is 6.45. The normalized spacial score (nSPS) is 11.1. The first-order valence-electron chi connectivity index (χ1n) is 8.55. The van der Waals surface area contributed by atoms with Crippen LogP contribution in [0.15, 0.2) is 85.1 Å². The van der Waals surface area contributed by atoms with Crippen LogP contribution < -0.4 is 0 Å². The molecule has 0 saturated heterocycles. The Bertz CT molecular complexity index is 1200. The fourth-order valence-electron chi connectivity index (χ4n) is 3.06. The van der Waals surface area contributed by atoms with Crippen LogP contribution in [0, 0.1) is 5.82 Å². The van der Waals surface area contributed by atoms with Crippen LogP contribution in [0.1, 0.15) is 0 Å². The van der Waals surface area contributed by atoms with Gasteiger partial charge in [-0.2, -0.15) is 5.10 Å². The van der Waals surface area contributed by atoms with Crippen molar-refractivity contribution in [2.75, 3.05) is 0 Å². The number of hydrogen-bond donors (Lipinski definition) is 0. The summed E-state index contributed by atoms with van der Waals surface area (Å²) >= 11 is 1.45. The molecule has 0 spiro atoms. The summed E-state index contributed by atoms with van der Waals surface area (Å²) in [6.45, 7) is 0.